The first-order chi connectivity index (χ1) is 4.74. The molecule has 0 aliphatic heterocycles. The lowest BCUT2D eigenvalue weighted by molar-refractivity contribution is 0.330. The molecule has 1 nitrogen and oxygen atoms in total. The van der Waals surface area contributed by atoms with E-state index >= 15 is 0 Å². The first-order valence-corrected chi connectivity index (χ1v) is 3.82. The molecule has 0 unspecified atom stereocenters. The maximum absolute atomic E-state index is 3.59. The zero-order valence-corrected chi connectivity index (χ0v) is 7.28. The summed E-state index contributed by atoms with van der Waals surface area (Å²) in [5.74, 6) is 0. The van der Waals surface area contributed by atoms with Crippen LogP contribution in [0.5, 0.6) is 0 Å². The van der Waals surface area contributed by atoms with Crippen molar-refractivity contribution in [2.45, 2.75) is 20.8 Å². The second-order valence-corrected chi connectivity index (χ2v) is 2.42. The molecular weight excluding hydrogens is 122 g/mol. The fraction of sp³-hybridized carbons (Fsp3) is 0.667. The van der Waals surface area contributed by atoms with Gasteiger partial charge in [-0.3, -0.25) is 4.90 Å². The SMILES string of the molecule is C=C=C(C)CN(CC)CC. The molecule has 0 aromatic heterocycles. The Labute approximate surface area is 64.0 Å². The third-order valence-corrected chi connectivity index (χ3v) is 1.66. The quantitative estimate of drug-likeness (QED) is 0.539. The summed E-state index contributed by atoms with van der Waals surface area (Å²) in [7, 11) is 0. The van der Waals surface area contributed by atoms with E-state index in [4.69, 9.17) is 0 Å². The Bertz CT molecular complexity index is 128. The van der Waals surface area contributed by atoms with E-state index in [1.807, 2.05) is 0 Å². The van der Waals surface area contributed by atoms with Gasteiger partial charge in [-0.2, -0.15) is 0 Å². The van der Waals surface area contributed by atoms with Crippen LogP contribution in [0.25, 0.3) is 0 Å². The third kappa shape index (κ3) is 3.49. The number of hydrogen-bond donors (Lipinski definition) is 0. The van der Waals surface area contributed by atoms with Gasteiger partial charge in [0.2, 0.25) is 0 Å². The maximum atomic E-state index is 3.59. The van der Waals surface area contributed by atoms with Gasteiger partial charge in [-0.15, -0.1) is 5.73 Å². The summed E-state index contributed by atoms with van der Waals surface area (Å²) in [6, 6.07) is 0. The molecule has 0 radical (unpaired) electrons. The first-order valence-electron chi connectivity index (χ1n) is 3.82. The van der Waals surface area contributed by atoms with Gasteiger partial charge >= 0.3 is 0 Å². The smallest absolute Gasteiger partial charge is 0.0265 e. The highest BCUT2D eigenvalue weighted by molar-refractivity contribution is 4.96. The van der Waals surface area contributed by atoms with Crippen LogP contribution < -0.4 is 0 Å². The van der Waals surface area contributed by atoms with Crippen LogP contribution in [0.3, 0.4) is 0 Å². The molecule has 0 spiro atoms. The van der Waals surface area contributed by atoms with Crippen LogP contribution in [-0.2, 0) is 0 Å². The highest BCUT2D eigenvalue weighted by Gasteiger charge is 1.97. The topological polar surface area (TPSA) is 3.24 Å². The molecular formula is C9H17N. The van der Waals surface area contributed by atoms with Crippen LogP contribution >= 0.6 is 0 Å². The lowest BCUT2D eigenvalue weighted by Crippen LogP contribution is -2.24. The van der Waals surface area contributed by atoms with E-state index in [2.05, 4.69) is 38.0 Å². The van der Waals surface area contributed by atoms with Gasteiger partial charge in [0.15, 0.2) is 0 Å². The fourth-order valence-electron chi connectivity index (χ4n) is 0.839. The molecule has 0 aliphatic carbocycles. The zero-order valence-electron chi connectivity index (χ0n) is 7.28. The van der Waals surface area contributed by atoms with E-state index in [0.29, 0.717) is 0 Å². The monoisotopic (exact) mass is 139 g/mol. The molecule has 0 N–H and O–H groups in total. The molecule has 0 saturated heterocycles. The van der Waals surface area contributed by atoms with E-state index < -0.39 is 0 Å². The van der Waals surface area contributed by atoms with Crippen molar-refractivity contribution < 1.29 is 0 Å². The average molecular weight is 139 g/mol. The van der Waals surface area contributed by atoms with Gasteiger partial charge < -0.3 is 0 Å². The maximum Gasteiger partial charge on any atom is 0.0265 e. The van der Waals surface area contributed by atoms with E-state index in [9.17, 15) is 0 Å². The molecule has 0 bridgehead atoms. The predicted molar refractivity (Wildman–Crippen MR) is 46.1 cm³/mol. The summed E-state index contributed by atoms with van der Waals surface area (Å²) >= 11 is 0. The highest BCUT2D eigenvalue weighted by Crippen LogP contribution is 1.94. The van der Waals surface area contributed by atoms with Crippen LogP contribution in [0, 0.1) is 0 Å². The molecule has 0 rings (SSSR count). The summed E-state index contributed by atoms with van der Waals surface area (Å²) in [6.07, 6.45) is 0. The number of hydrogen-bond acceptors (Lipinski definition) is 1. The number of rotatable bonds is 4. The van der Waals surface area contributed by atoms with Crippen LogP contribution in [0.2, 0.25) is 0 Å². The lowest BCUT2D eigenvalue weighted by Gasteiger charge is -2.16. The summed E-state index contributed by atoms with van der Waals surface area (Å²) < 4.78 is 0. The van der Waals surface area contributed by atoms with E-state index in [-0.39, 0.29) is 0 Å². The summed E-state index contributed by atoms with van der Waals surface area (Å²) in [6.45, 7) is 13.2. The fourth-order valence-corrected chi connectivity index (χ4v) is 0.839. The van der Waals surface area contributed by atoms with Crippen molar-refractivity contribution in [3.05, 3.63) is 17.9 Å². The minimum atomic E-state index is 1.01. The molecule has 0 saturated carbocycles. The van der Waals surface area contributed by atoms with Crippen molar-refractivity contribution in [3.63, 3.8) is 0 Å². The largest absolute Gasteiger partial charge is 0.299 e. The molecule has 58 valence electrons. The van der Waals surface area contributed by atoms with Gasteiger partial charge in [-0.1, -0.05) is 20.4 Å². The van der Waals surface area contributed by atoms with Gasteiger partial charge in [-0.25, -0.2) is 0 Å². The second kappa shape index (κ2) is 5.28. The summed E-state index contributed by atoms with van der Waals surface area (Å²) in [4.78, 5) is 2.34. The number of nitrogens with zero attached hydrogens (tertiary/aromatic N) is 1. The van der Waals surface area contributed by atoms with Gasteiger partial charge in [-0.05, 0) is 25.6 Å². The van der Waals surface area contributed by atoms with Gasteiger partial charge in [0.05, 0.1) is 0 Å². The van der Waals surface area contributed by atoms with Gasteiger partial charge in [0.25, 0.3) is 0 Å². The van der Waals surface area contributed by atoms with Crippen molar-refractivity contribution in [1.29, 1.82) is 0 Å². The molecule has 0 fully saturated rings. The van der Waals surface area contributed by atoms with E-state index in [1.54, 1.807) is 0 Å². The minimum absolute atomic E-state index is 1.01. The summed E-state index contributed by atoms with van der Waals surface area (Å²) in [5, 5.41) is 0. The van der Waals surface area contributed by atoms with E-state index in [0.717, 1.165) is 19.6 Å². The third-order valence-electron chi connectivity index (χ3n) is 1.66. The highest BCUT2D eigenvalue weighted by atomic mass is 15.1. The molecule has 1 heteroatoms. The Morgan fingerprint density at radius 2 is 1.90 bits per heavy atom. The van der Waals surface area contributed by atoms with Crippen LogP contribution in [0.4, 0.5) is 0 Å². The van der Waals surface area contributed by atoms with Crippen molar-refractivity contribution in [2.24, 2.45) is 0 Å². The standard InChI is InChI=1S/C9H17N/c1-5-9(4)8-10(6-2)7-3/h1,6-8H2,2-4H3. The first kappa shape index (κ1) is 9.48. The minimum Gasteiger partial charge on any atom is -0.299 e. The average Bonchev–Trinajstić information content (AvgIpc) is 1.99. The molecule has 0 aromatic carbocycles. The van der Waals surface area contributed by atoms with Crippen molar-refractivity contribution in [2.75, 3.05) is 19.6 Å². The second-order valence-electron chi connectivity index (χ2n) is 2.42. The molecule has 0 aromatic rings. The Morgan fingerprint density at radius 3 is 2.20 bits per heavy atom. The van der Waals surface area contributed by atoms with E-state index in [1.165, 1.54) is 5.57 Å². The van der Waals surface area contributed by atoms with Gasteiger partial charge in [0.1, 0.15) is 0 Å². The van der Waals surface area contributed by atoms with Crippen LogP contribution in [-0.4, -0.2) is 24.5 Å². The Morgan fingerprint density at radius 1 is 1.40 bits per heavy atom. The lowest BCUT2D eigenvalue weighted by atomic mass is 10.3. The molecule has 0 aliphatic rings. The molecule has 0 atom stereocenters. The summed E-state index contributed by atoms with van der Waals surface area (Å²) in [5.41, 5.74) is 4.11. The van der Waals surface area contributed by atoms with Crippen LogP contribution in [0.15, 0.2) is 17.9 Å². The number of likely N-dealkylation sites (N-methyl/N-ethyl adjacent to an activating group) is 1. The van der Waals surface area contributed by atoms with Crippen molar-refractivity contribution in [1.82, 2.24) is 4.90 Å². The zero-order chi connectivity index (χ0) is 7.98. The molecule has 0 amide bonds. The van der Waals surface area contributed by atoms with Gasteiger partial charge in [0, 0.05) is 6.54 Å². The Hall–Kier alpha value is -0.520. The Kier molecular flexibility index (Phi) is 5.00. The van der Waals surface area contributed by atoms with Crippen molar-refractivity contribution >= 4 is 0 Å². The predicted octanol–water partition coefficient (Wildman–Crippen LogP) is 2.06. The molecule has 0 heterocycles. The Balaban J connectivity index is 3.74. The molecule has 10 heavy (non-hydrogen) atoms. The van der Waals surface area contributed by atoms with Crippen LogP contribution in [0.1, 0.15) is 20.8 Å². The normalized spacial score (nSPS) is 9.60. The van der Waals surface area contributed by atoms with Crippen molar-refractivity contribution in [3.8, 4) is 0 Å².